The largest absolute Gasteiger partial charge is 0.496 e. The van der Waals surface area contributed by atoms with Crippen LogP contribution in [-0.4, -0.2) is 46.0 Å². The van der Waals surface area contributed by atoms with Crippen LogP contribution in [0.4, 0.5) is 0 Å². The molecule has 0 radical (unpaired) electrons. The summed E-state index contributed by atoms with van der Waals surface area (Å²) < 4.78 is 17.5. The molecular formula is C15H24N2O3S. The van der Waals surface area contributed by atoms with Crippen LogP contribution < -0.4 is 4.74 Å². The Morgan fingerprint density at radius 1 is 1.33 bits per heavy atom. The molecule has 6 heteroatoms. The van der Waals surface area contributed by atoms with Crippen LogP contribution in [0.3, 0.4) is 0 Å². The van der Waals surface area contributed by atoms with Gasteiger partial charge in [-0.05, 0) is 27.7 Å². The van der Waals surface area contributed by atoms with Gasteiger partial charge in [0.1, 0.15) is 11.5 Å². The number of amides is 1. The number of aromatic nitrogens is 1. The van der Waals surface area contributed by atoms with E-state index < -0.39 is 10.8 Å². The average molecular weight is 312 g/mol. The number of carbonyl (C=O) groups is 1. The van der Waals surface area contributed by atoms with E-state index in [1.54, 1.807) is 18.2 Å². The Morgan fingerprint density at radius 3 is 2.48 bits per heavy atom. The maximum atomic E-state index is 12.2. The lowest BCUT2D eigenvalue weighted by atomic mass is 10.1. The first-order valence-electron chi connectivity index (χ1n) is 7.06. The number of hydrogen-bond donors (Lipinski definition) is 0. The summed E-state index contributed by atoms with van der Waals surface area (Å²) in [5, 5.41) is 0. The van der Waals surface area contributed by atoms with Gasteiger partial charge in [0, 0.05) is 41.2 Å². The Morgan fingerprint density at radius 2 is 1.95 bits per heavy atom. The van der Waals surface area contributed by atoms with Crippen LogP contribution in [0.5, 0.6) is 5.75 Å². The lowest BCUT2D eigenvalue weighted by molar-refractivity contribution is -0.128. The molecule has 1 atom stereocenters. The summed E-state index contributed by atoms with van der Waals surface area (Å²) in [6.45, 7) is 8.94. The molecule has 0 bridgehead atoms. The predicted octanol–water partition coefficient (Wildman–Crippen LogP) is 1.82. The monoisotopic (exact) mass is 312 g/mol. The number of pyridine rings is 1. The van der Waals surface area contributed by atoms with E-state index >= 15 is 0 Å². The summed E-state index contributed by atoms with van der Waals surface area (Å²) >= 11 is 0. The van der Waals surface area contributed by atoms with Gasteiger partial charge >= 0.3 is 0 Å². The maximum Gasteiger partial charge on any atom is 0.235 e. The van der Waals surface area contributed by atoms with Gasteiger partial charge in [0.05, 0.1) is 18.6 Å². The van der Waals surface area contributed by atoms with Crippen molar-refractivity contribution in [3.63, 3.8) is 0 Å². The number of carbonyl (C=O) groups excluding carboxylic acids is 1. The van der Waals surface area contributed by atoms with Gasteiger partial charge in [0.15, 0.2) is 0 Å². The molecule has 1 amide bonds. The van der Waals surface area contributed by atoms with Crippen LogP contribution in [0.25, 0.3) is 0 Å². The Hall–Kier alpha value is -1.43. The molecule has 1 heterocycles. The normalized spacial score (nSPS) is 12.0. The summed E-state index contributed by atoms with van der Waals surface area (Å²) in [5.74, 6) is 1.01. The summed E-state index contributed by atoms with van der Waals surface area (Å²) in [5.41, 5.74) is 2.56. The van der Waals surface area contributed by atoms with Gasteiger partial charge in [-0.25, -0.2) is 0 Å². The summed E-state index contributed by atoms with van der Waals surface area (Å²) in [6, 6.07) is 0. The molecule has 5 nitrogen and oxygen atoms in total. The lowest BCUT2D eigenvalue weighted by Gasteiger charge is -2.18. The first-order chi connectivity index (χ1) is 9.94. The fourth-order valence-corrected chi connectivity index (χ4v) is 3.38. The number of aryl methyl sites for hydroxylation is 1. The highest BCUT2D eigenvalue weighted by Crippen LogP contribution is 2.24. The summed E-state index contributed by atoms with van der Waals surface area (Å²) in [7, 11) is 0.350. The molecule has 0 fully saturated rings. The van der Waals surface area contributed by atoms with Gasteiger partial charge in [-0.15, -0.1) is 0 Å². The first kappa shape index (κ1) is 17.6. The van der Waals surface area contributed by atoms with Gasteiger partial charge in [0.25, 0.3) is 0 Å². The van der Waals surface area contributed by atoms with E-state index in [1.165, 1.54) is 0 Å². The molecule has 0 saturated carbocycles. The Kier molecular flexibility index (Phi) is 6.81. The third-order valence-corrected chi connectivity index (χ3v) is 4.61. The zero-order valence-corrected chi connectivity index (χ0v) is 14.2. The summed E-state index contributed by atoms with van der Waals surface area (Å²) in [6.07, 6.45) is 1.71. The molecule has 118 valence electrons. The minimum atomic E-state index is -1.26. The molecule has 0 aliphatic rings. The smallest absolute Gasteiger partial charge is 0.235 e. The number of hydrogen-bond acceptors (Lipinski definition) is 4. The Balaban J connectivity index is 2.78. The van der Waals surface area contributed by atoms with E-state index in [9.17, 15) is 9.00 Å². The molecule has 0 spiro atoms. The molecule has 0 aliphatic heterocycles. The third kappa shape index (κ3) is 4.52. The molecule has 0 aromatic carbocycles. The second kappa shape index (κ2) is 8.12. The van der Waals surface area contributed by atoms with Crippen molar-refractivity contribution in [2.24, 2.45) is 0 Å². The molecule has 1 rings (SSSR count). The molecule has 21 heavy (non-hydrogen) atoms. The van der Waals surface area contributed by atoms with Crippen molar-refractivity contribution in [1.82, 2.24) is 9.88 Å². The van der Waals surface area contributed by atoms with E-state index in [2.05, 4.69) is 4.98 Å². The van der Waals surface area contributed by atoms with Crippen LogP contribution >= 0.6 is 0 Å². The SMILES string of the molecule is CCN(CC)C(=O)C[S@@](=O)Cc1ncc(C)c(OC)c1C. The molecule has 0 N–H and O–H groups in total. The Bertz CT molecular complexity index is 528. The number of rotatable bonds is 7. The first-order valence-corrected chi connectivity index (χ1v) is 8.55. The van der Waals surface area contributed by atoms with Crippen molar-refractivity contribution in [2.45, 2.75) is 33.4 Å². The van der Waals surface area contributed by atoms with Gasteiger partial charge in [-0.1, -0.05) is 0 Å². The fourth-order valence-electron chi connectivity index (χ4n) is 2.23. The highest BCUT2D eigenvalue weighted by molar-refractivity contribution is 7.84. The van der Waals surface area contributed by atoms with Crippen molar-refractivity contribution < 1.29 is 13.7 Å². The van der Waals surface area contributed by atoms with Crippen LogP contribution in [0.2, 0.25) is 0 Å². The molecular weight excluding hydrogens is 288 g/mol. The highest BCUT2D eigenvalue weighted by atomic mass is 32.2. The topological polar surface area (TPSA) is 59.5 Å². The minimum absolute atomic E-state index is 0.0407. The second-order valence-electron chi connectivity index (χ2n) is 4.84. The predicted molar refractivity (Wildman–Crippen MR) is 84.9 cm³/mol. The minimum Gasteiger partial charge on any atom is -0.496 e. The molecule has 1 aromatic heterocycles. The second-order valence-corrected chi connectivity index (χ2v) is 6.30. The number of ether oxygens (including phenoxy) is 1. The van der Waals surface area contributed by atoms with Crippen molar-refractivity contribution in [2.75, 3.05) is 26.0 Å². The van der Waals surface area contributed by atoms with Crippen LogP contribution in [-0.2, 0) is 21.3 Å². The van der Waals surface area contributed by atoms with E-state index in [4.69, 9.17) is 4.74 Å². The van der Waals surface area contributed by atoms with Gasteiger partial charge in [0.2, 0.25) is 5.91 Å². The zero-order chi connectivity index (χ0) is 16.0. The molecule has 0 saturated heterocycles. The van der Waals surface area contributed by atoms with Crippen molar-refractivity contribution in [3.8, 4) is 5.75 Å². The van der Waals surface area contributed by atoms with E-state index in [1.807, 2.05) is 27.7 Å². The van der Waals surface area contributed by atoms with Crippen molar-refractivity contribution >= 4 is 16.7 Å². The van der Waals surface area contributed by atoms with Gasteiger partial charge < -0.3 is 9.64 Å². The van der Waals surface area contributed by atoms with E-state index in [0.717, 1.165) is 22.6 Å². The van der Waals surface area contributed by atoms with Crippen molar-refractivity contribution in [3.05, 3.63) is 23.0 Å². The quantitative estimate of drug-likeness (QED) is 0.770. The third-order valence-electron chi connectivity index (χ3n) is 3.45. The zero-order valence-electron chi connectivity index (χ0n) is 13.4. The Labute approximate surface area is 129 Å². The van der Waals surface area contributed by atoms with E-state index in [0.29, 0.717) is 13.1 Å². The fraction of sp³-hybridized carbons (Fsp3) is 0.600. The lowest BCUT2D eigenvalue weighted by Crippen LogP contribution is -2.34. The standard InChI is InChI=1S/C15H24N2O3S/c1-6-17(7-2)14(18)10-21(19)9-13-12(4)15(20-5)11(3)8-16-13/h8H,6-7,9-10H2,1-5H3/t21-/m0/s1. The number of nitrogens with zero attached hydrogens (tertiary/aromatic N) is 2. The van der Waals surface area contributed by atoms with E-state index in [-0.39, 0.29) is 17.4 Å². The van der Waals surface area contributed by atoms with Crippen molar-refractivity contribution in [1.29, 1.82) is 0 Å². The van der Waals surface area contributed by atoms with Crippen LogP contribution in [0.15, 0.2) is 6.20 Å². The van der Waals surface area contributed by atoms with Gasteiger partial charge in [-0.2, -0.15) is 0 Å². The maximum absolute atomic E-state index is 12.2. The van der Waals surface area contributed by atoms with Gasteiger partial charge in [-0.3, -0.25) is 14.0 Å². The van der Waals surface area contributed by atoms with Crippen LogP contribution in [0.1, 0.15) is 30.7 Å². The molecule has 1 aromatic rings. The number of methoxy groups -OCH3 is 1. The summed E-state index contributed by atoms with van der Waals surface area (Å²) in [4.78, 5) is 18.0. The molecule has 0 aliphatic carbocycles. The average Bonchev–Trinajstić information content (AvgIpc) is 2.44. The highest BCUT2D eigenvalue weighted by Gasteiger charge is 2.16. The van der Waals surface area contributed by atoms with Crippen LogP contribution in [0, 0.1) is 13.8 Å². The molecule has 0 unspecified atom stereocenters.